The highest BCUT2D eigenvalue weighted by molar-refractivity contribution is 5.80. The number of piperazine rings is 1. The molecule has 2 heterocycles. The SMILES string of the molecule is CCNC(=NCc1ccc(C)cc1N(C)C)N1CCN(Cc2ccon2)CC1. The normalized spacial score (nSPS) is 15.7. The third-order valence-electron chi connectivity index (χ3n) is 5.01. The molecule has 3 rings (SSSR count). The van der Waals surface area contributed by atoms with Crippen LogP contribution in [0.1, 0.15) is 23.7 Å². The minimum Gasteiger partial charge on any atom is -0.377 e. The van der Waals surface area contributed by atoms with Crippen molar-refractivity contribution in [1.82, 2.24) is 20.3 Å². The van der Waals surface area contributed by atoms with Gasteiger partial charge in [-0.25, -0.2) is 4.99 Å². The molecular formula is C21H32N6O. The van der Waals surface area contributed by atoms with Gasteiger partial charge < -0.3 is 19.6 Å². The first-order chi connectivity index (χ1) is 13.6. The van der Waals surface area contributed by atoms with E-state index in [1.807, 2.05) is 6.07 Å². The Hall–Kier alpha value is -2.54. The number of hydrogen-bond acceptors (Lipinski definition) is 5. The van der Waals surface area contributed by atoms with Gasteiger partial charge in [-0.1, -0.05) is 17.3 Å². The fourth-order valence-corrected chi connectivity index (χ4v) is 3.48. The van der Waals surface area contributed by atoms with Crippen LogP contribution >= 0.6 is 0 Å². The molecule has 0 atom stereocenters. The number of guanidine groups is 1. The monoisotopic (exact) mass is 384 g/mol. The maximum atomic E-state index is 4.94. The lowest BCUT2D eigenvalue weighted by molar-refractivity contribution is 0.169. The Morgan fingerprint density at radius 2 is 2.00 bits per heavy atom. The zero-order valence-electron chi connectivity index (χ0n) is 17.5. The molecule has 28 heavy (non-hydrogen) atoms. The van der Waals surface area contributed by atoms with Crippen molar-refractivity contribution in [3.05, 3.63) is 47.3 Å². The van der Waals surface area contributed by atoms with Crippen molar-refractivity contribution in [3.63, 3.8) is 0 Å². The zero-order chi connectivity index (χ0) is 19.9. The van der Waals surface area contributed by atoms with E-state index in [1.165, 1.54) is 16.8 Å². The van der Waals surface area contributed by atoms with Gasteiger partial charge in [0.25, 0.3) is 0 Å². The van der Waals surface area contributed by atoms with Gasteiger partial charge in [-0.3, -0.25) is 4.90 Å². The van der Waals surface area contributed by atoms with Crippen molar-refractivity contribution in [3.8, 4) is 0 Å². The lowest BCUT2D eigenvalue weighted by Gasteiger charge is -2.36. The molecule has 0 unspecified atom stereocenters. The van der Waals surface area contributed by atoms with Crippen molar-refractivity contribution < 1.29 is 4.52 Å². The van der Waals surface area contributed by atoms with E-state index in [9.17, 15) is 0 Å². The summed E-state index contributed by atoms with van der Waals surface area (Å²) in [5.74, 6) is 0.994. The van der Waals surface area contributed by atoms with Crippen molar-refractivity contribution >= 4 is 11.6 Å². The van der Waals surface area contributed by atoms with E-state index < -0.39 is 0 Å². The van der Waals surface area contributed by atoms with Gasteiger partial charge in [0.15, 0.2) is 5.96 Å². The first kappa shape index (κ1) is 20.2. The molecule has 0 aliphatic carbocycles. The largest absolute Gasteiger partial charge is 0.377 e. The second-order valence-corrected chi connectivity index (χ2v) is 7.45. The van der Waals surface area contributed by atoms with Crippen LogP contribution in [0.15, 0.2) is 40.0 Å². The minimum absolute atomic E-state index is 0.676. The van der Waals surface area contributed by atoms with Crippen LogP contribution in [0.4, 0.5) is 5.69 Å². The van der Waals surface area contributed by atoms with Crippen molar-refractivity contribution in [2.24, 2.45) is 4.99 Å². The fraction of sp³-hybridized carbons (Fsp3) is 0.524. The summed E-state index contributed by atoms with van der Waals surface area (Å²) < 4.78 is 4.94. The molecule has 1 aromatic heterocycles. The van der Waals surface area contributed by atoms with Crippen molar-refractivity contribution in [1.29, 1.82) is 0 Å². The number of rotatable bonds is 6. The molecule has 152 valence electrons. The lowest BCUT2D eigenvalue weighted by Crippen LogP contribution is -2.52. The Morgan fingerprint density at radius 1 is 1.21 bits per heavy atom. The van der Waals surface area contributed by atoms with Crippen LogP contribution in [0.25, 0.3) is 0 Å². The number of benzene rings is 1. The molecule has 0 bridgehead atoms. The summed E-state index contributed by atoms with van der Waals surface area (Å²) in [6.45, 7) is 10.5. The van der Waals surface area contributed by atoms with Gasteiger partial charge >= 0.3 is 0 Å². The Balaban J connectivity index is 1.63. The Morgan fingerprint density at radius 3 is 2.64 bits per heavy atom. The first-order valence-electron chi connectivity index (χ1n) is 9.98. The summed E-state index contributed by atoms with van der Waals surface area (Å²) in [6, 6.07) is 8.50. The molecule has 7 heteroatoms. The van der Waals surface area contributed by atoms with Crippen molar-refractivity contribution in [2.45, 2.75) is 26.9 Å². The van der Waals surface area contributed by atoms with Crippen LogP contribution in [-0.4, -0.2) is 67.7 Å². The molecule has 7 nitrogen and oxygen atoms in total. The van der Waals surface area contributed by atoms with Gasteiger partial charge in [0, 0.05) is 65.1 Å². The summed E-state index contributed by atoms with van der Waals surface area (Å²) in [6.07, 6.45) is 1.63. The van der Waals surface area contributed by atoms with Crippen LogP contribution in [0, 0.1) is 6.92 Å². The maximum absolute atomic E-state index is 4.94. The van der Waals surface area contributed by atoms with E-state index in [0.29, 0.717) is 6.54 Å². The molecular weight excluding hydrogens is 352 g/mol. The first-order valence-corrected chi connectivity index (χ1v) is 9.98. The fourth-order valence-electron chi connectivity index (χ4n) is 3.48. The summed E-state index contributed by atoms with van der Waals surface area (Å²) in [4.78, 5) is 11.9. The minimum atomic E-state index is 0.676. The molecule has 1 aromatic carbocycles. The molecule has 2 aromatic rings. The number of nitrogens with one attached hydrogen (secondary N) is 1. The molecule has 1 aliphatic rings. The van der Waals surface area contributed by atoms with E-state index in [2.05, 4.69) is 71.3 Å². The van der Waals surface area contributed by atoms with Crippen LogP contribution in [-0.2, 0) is 13.1 Å². The van der Waals surface area contributed by atoms with E-state index in [1.54, 1.807) is 6.26 Å². The molecule has 1 saturated heterocycles. The summed E-state index contributed by atoms with van der Waals surface area (Å²) in [5, 5.41) is 7.47. The predicted octanol–water partition coefficient (Wildman–Crippen LogP) is 2.33. The summed E-state index contributed by atoms with van der Waals surface area (Å²) in [5.41, 5.74) is 4.74. The third kappa shape index (κ3) is 5.25. The highest BCUT2D eigenvalue weighted by Crippen LogP contribution is 2.21. The van der Waals surface area contributed by atoms with E-state index in [4.69, 9.17) is 9.52 Å². The van der Waals surface area contributed by atoms with Gasteiger partial charge in [-0.05, 0) is 31.0 Å². The molecule has 0 amide bonds. The van der Waals surface area contributed by atoms with Gasteiger partial charge in [0.05, 0.1) is 12.2 Å². The average Bonchev–Trinajstić information content (AvgIpc) is 3.19. The maximum Gasteiger partial charge on any atom is 0.194 e. The van der Waals surface area contributed by atoms with Gasteiger partial charge in [-0.15, -0.1) is 0 Å². The molecule has 0 saturated carbocycles. The topological polar surface area (TPSA) is 60.1 Å². The van der Waals surface area contributed by atoms with E-state index in [0.717, 1.165) is 50.9 Å². The molecule has 1 fully saturated rings. The number of aliphatic imine (C=N–C) groups is 1. The quantitative estimate of drug-likeness (QED) is 0.609. The van der Waals surface area contributed by atoms with Gasteiger partial charge in [-0.2, -0.15) is 0 Å². The lowest BCUT2D eigenvalue weighted by atomic mass is 10.1. The van der Waals surface area contributed by atoms with Gasteiger partial charge in [0.1, 0.15) is 6.26 Å². The van der Waals surface area contributed by atoms with Crippen molar-refractivity contribution in [2.75, 3.05) is 51.7 Å². The van der Waals surface area contributed by atoms with E-state index >= 15 is 0 Å². The van der Waals surface area contributed by atoms with E-state index in [-0.39, 0.29) is 0 Å². The molecule has 0 spiro atoms. The number of aryl methyl sites for hydroxylation is 1. The van der Waals surface area contributed by atoms with Crippen LogP contribution in [0.2, 0.25) is 0 Å². The number of nitrogens with zero attached hydrogens (tertiary/aromatic N) is 5. The number of anilines is 1. The number of hydrogen-bond donors (Lipinski definition) is 1. The Kier molecular flexibility index (Phi) is 6.92. The zero-order valence-corrected chi connectivity index (χ0v) is 17.5. The summed E-state index contributed by atoms with van der Waals surface area (Å²) >= 11 is 0. The van der Waals surface area contributed by atoms with Gasteiger partial charge in [0.2, 0.25) is 0 Å². The highest BCUT2D eigenvalue weighted by Gasteiger charge is 2.20. The van der Waals surface area contributed by atoms with Crippen LogP contribution < -0.4 is 10.2 Å². The summed E-state index contributed by atoms with van der Waals surface area (Å²) in [7, 11) is 4.17. The second kappa shape index (κ2) is 9.59. The standard InChI is InChI=1S/C21H32N6O/c1-5-22-21(23-15-18-7-6-17(2)14-20(18)25(3)4)27-11-9-26(10-12-27)16-19-8-13-28-24-19/h6-8,13-14H,5,9-12,15-16H2,1-4H3,(H,22,23). The third-order valence-corrected chi connectivity index (χ3v) is 5.01. The molecule has 1 aliphatic heterocycles. The predicted molar refractivity (Wildman–Crippen MR) is 114 cm³/mol. The second-order valence-electron chi connectivity index (χ2n) is 7.45. The molecule has 0 radical (unpaired) electrons. The Labute approximate surface area is 168 Å². The average molecular weight is 385 g/mol. The smallest absolute Gasteiger partial charge is 0.194 e. The number of aromatic nitrogens is 1. The van der Waals surface area contributed by atoms with Crippen LogP contribution in [0.3, 0.4) is 0 Å². The molecule has 1 N–H and O–H groups in total. The Bertz CT molecular complexity index is 763. The highest BCUT2D eigenvalue weighted by atomic mass is 16.5. The van der Waals surface area contributed by atoms with Crippen LogP contribution in [0.5, 0.6) is 0 Å².